The van der Waals surface area contributed by atoms with E-state index in [1.54, 1.807) is 12.1 Å². The Morgan fingerprint density at radius 2 is 1.78 bits per heavy atom. The number of rotatable bonds is 1. The van der Waals surface area contributed by atoms with Crippen molar-refractivity contribution >= 4 is 34.6 Å². The van der Waals surface area contributed by atoms with Crippen molar-refractivity contribution in [3.05, 3.63) is 29.3 Å². The number of hydrogen-bond acceptors (Lipinski definition) is 1. The first kappa shape index (κ1) is 7.15. The van der Waals surface area contributed by atoms with E-state index in [2.05, 4.69) is 0 Å². The molecule has 0 N–H and O–H groups in total. The molecule has 0 atom stereocenters. The van der Waals surface area contributed by atoms with Gasteiger partial charge in [0.1, 0.15) is 5.75 Å². The first-order chi connectivity index (χ1) is 4.33. The fourth-order valence-electron chi connectivity index (χ4n) is 0.486. The van der Waals surface area contributed by atoms with E-state index in [4.69, 9.17) is 14.7 Å². The average Bonchev–Trinajstić information content (AvgIpc) is 1.90. The molecule has 0 amide bonds. The van der Waals surface area contributed by atoms with Gasteiger partial charge in [0.25, 0.3) is 0 Å². The maximum atomic E-state index is 5.61. The van der Waals surface area contributed by atoms with Gasteiger partial charge in [-0.25, -0.2) is 0 Å². The SMILES string of the molecule is Clc1ccc(OI)cc1. The molecule has 0 aliphatic carbocycles. The van der Waals surface area contributed by atoms with Gasteiger partial charge in [-0.2, -0.15) is 0 Å². The van der Waals surface area contributed by atoms with Crippen LogP contribution >= 0.6 is 34.6 Å². The van der Waals surface area contributed by atoms with Crippen LogP contribution in [0.25, 0.3) is 0 Å². The van der Waals surface area contributed by atoms with Crippen molar-refractivity contribution in [1.82, 2.24) is 0 Å². The maximum absolute atomic E-state index is 5.61. The predicted octanol–water partition coefficient (Wildman–Crippen LogP) is 3.07. The van der Waals surface area contributed by atoms with Gasteiger partial charge in [-0.1, -0.05) is 11.6 Å². The molecule has 1 aromatic carbocycles. The van der Waals surface area contributed by atoms with Crippen LogP contribution in [-0.4, -0.2) is 0 Å². The van der Waals surface area contributed by atoms with Crippen LogP contribution in [0.15, 0.2) is 24.3 Å². The summed E-state index contributed by atoms with van der Waals surface area (Å²) in [5, 5.41) is 0.729. The zero-order valence-corrected chi connectivity index (χ0v) is 7.39. The van der Waals surface area contributed by atoms with Crippen LogP contribution in [0.5, 0.6) is 5.75 Å². The van der Waals surface area contributed by atoms with Gasteiger partial charge in [-0.05, 0) is 24.3 Å². The fraction of sp³-hybridized carbons (Fsp3) is 0. The van der Waals surface area contributed by atoms with Crippen LogP contribution in [0.3, 0.4) is 0 Å². The highest BCUT2D eigenvalue weighted by atomic mass is 127. The second-order valence-electron chi connectivity index (χ2n) is 1.53. The zero-order valence-electron chi connectivity index (χ0n) is 4.47. The Kier molecular flexibility index (Phi) is 2.60. The summed E-state index contributed by atoms with van der Waals surface area (Å²) in [7, 11) is 0. The molecular formula is C6H4ClIO. The molecule has 0 aliphatic rings. The van der Waals surface area contributed by atoms with E-state index in [1.165, 1.54) is 0 Å². The van der Waals surface area contributed by atoms with Crippen molar-refractivity contribution < 1.29 is 3.07 Å². The van der Waals surface area contributed by atoms with Crippen molar-refractivity contribution in [2.45, 2.75) is 0 Å². The molecule has 9 heavy (non-hydrogen) atoms. The van der Waals surface area contributed by atoms with E-state index in [-0.39, 0.29) is 0 Å². The monoisotopic (exact) mass is 254 g/mol. The molecule has 1 aromatic rings. The Morgan fingerprint density at radius 1 is 1.22 bits per heavy atom. The molecular weight excluding hydrogens is 250 g/mol. The van der Waals surface area contributed by atoms with Crippen LogP contribution in [0, 0.1) is 0 Å². The summed E-state index contributed by atoms with van der Waals surface area (Å²) in [6, 6.07) is 7.20. The lowest BCUT2D eigenvalue weighted by Gasteiger charge is -1.93. The number of hydrogen-bond donors (Lipinski definition) is 0. The minimum Gasteiger partial charge on any atom is -0.428 e. The van der Waals surface area contributed by atoms with E-state index in [9.17, 15) is 0 Å². The highest BCUT2D eigenvalue weighted by Crippen LogP contribution is 2.16. The summed E-state index contributed by atoms with van der Waals surface area (Å²) in [5.74, 6) is 0.819. The molecule has 1 nitrogen and oxygen atoms in total. The summed E-state index contributed by atoms with van der Waals surface area (Å²) in [6.45, 7) is 0. The Morgan fingerprint density at radius 3 is 2.22 bits per heavy atom. The van der Waals surface area contributed by atoms with E-state index >= 15 is 0 Å². The third-order valence-corrected chi connectivity index (χ3v) is 1.66. The van der Waals surface area contributed by atoms with E-state index < -0.39 is 0 Å². The van der Waals surface area contributed by atoms with Crippen LogP contribution < -0.4 is 3.07 Å². The third kappa shape index (κ3) is 2.02. The average molecular weight is 254 g/mol. The van der Waals surface area contributed by atoms with Crippen molar-refractivity contribution in [2.75, 3.05) is 0 Å². The molecule has 3 heteroatoms. The summed E-state index contributed by atoms with van der Waals surface area (Å²) >= 11 is 7.43. The molecule has 0 unspecified atom stereocenters. The predicted molar refractivity (Wildman–Crippen MR) is 46.1 cm³/mol. The summed E-state index contributed by atoms with van der Waals surface area (Å²) < 4.78 is 4.88. The van der Waals surface area contributed by atoms with Crippen molar-refractivity contribution in [3.63, 3.8) is 0 Å². The van der Waals surface area contributed by atoms with Gasteiger partial charge in [0.2, 0.25) is 0 Å². The minimum absolute atomic E-state index is 0.729. The third-order valence-electron chi connectivity index (χ3n) is 0.903. The topological polar surface area (TPSA) is 9.23 Å². The second kappa shape index (κ2) is 3.27. The molecule has 0 heterocycles. The highest BCUT2D eigenvalue weighted by Gasteiger charge is 1.88. The Bertz CT molecular complexity index is 185. The largest absolute Gasteiger partial charge is 0.428 e. The second-order valence-corrected chi connectivity index (χ2v) is 2.41. The molecule has 1 rings (SSSR count). The van der Waals surface area contributed by atoms with Gasteiger partial charge in [-0.15, -0.1) is 0 Å². The first-order valence-corrected chi connectivity index (χ1v) is 3.63. The number of halogens is 2. The molecule has 48 valence electrons. The van der Waals surface area contributed by atoms with Crippen LogP contribution in [-0.2, 0) is 0 Å². The molecule has 0 radical (unpaired) electrons. The van der Waals surface area contributed by atoms with Gasteiger partial charge in [-0.3, -0.25) is 0 Å². The van der Waals surface area contributed by atoms with Crippen LogP contribution in [0.1, 0.15) is 0 Å². The molecule has 0 fully saturated rings. The normalized spacial score (nSPS) is 9.11. The van der Waals surface area contributed by atoms with Gasteiger partial charge < -0.3 is 3.07 Å². The zero-order chi connectivity index (χ0) is 6.69. The molecule has 0 saturated heterocycles. The Balaban J connectivity index is 2.88. The van der Waals surface area contributed by atoms with Gasteiger partial charge >= 0.3 is 0 Å². The lowest BCUT2D eigenvalue weighted by atomic mass is 10.3. The number of benzene rings is 1. The van der Waals surface area contributed by atoms with Crippen LogP contribution in [0.2, 0.25) is 5.02 Å². The van der Waals surface area contributed by atoms with E-state index in [1.807, 2.05) is 35.1 Å². The van der Waals surface area contributed by atoms with Gasteiger partial charge in [0.05, 0.1) is 0 Å². The van der Waals surface area contributed by atoms with E-state index in [0.29, 0.717) is 0 Å². The van der Waals surface area contributed by atoms with Crippen molar-refractivity contribution in [2.24, 2.45) is 0 Å². The molecule has 0 saturated carbocycles. The molecule has 0 spiro atoms. The lowest BCUT2D eigenvalue weighted by Crippen LogP contribution is -1.70. The molecule has 0 bridgehead atoms. The quantitative estimate of drug-likeness (QED) is 0.700. The van der Waals surface area contributed by atoms with Crippen molar-refractivity contribution in [1.29, 1.82) is 0 Å². The van der Waals surface area contributed by atoms with E-state index in [0.717, 1.165) is 10.8 Å². The molecule has 0 aromatic heterocycles. The van der Waals surface area contributed by atoms with Gasteiger partial charge in [0, 0.05) is 5.02 Å². The standard InChI is InChI=1S/C6H4ClIO/c7-5-1-3-6(9-8)4-2-5/h1-4H. The maximum Gasteiger partial charge on any atom is 0.192 e. The minimum atomic E-state index is 0.729. The Hall–Kier alpha value is 0.0400. The van der Waals surface area contributed by atoms with Crippen LogP contribution in [0.4, 0.5) is 0 Å². The summed E-state index contributed by atoms with van der Waals surface area (Å²) in [6.07, 6.45) is 0. The highest BCUT2D eigenvalue weighted by molar-refractivity contribution is 14.1. The smallest absolute Gasteiger partial charge is 0.192 e. The lowest BCUT2D eigenvalue weighted by molar-refractivity contribution is 0.717. The summed E-state index contributed by atoms with van der Waals surface area (Å²) in [4.78, 5) is 0. The van der Waals surface area contributed by atoms with Crippen molar-refractivity contribution in [3.8, 4) is 5.75 Å². The summed E-state index contributed by atoms with van der Waals surface area (Å²) in [5.41, 5.74) is 0. The first-order valence-electron chi connectivity index (χ1n) is 2.37. The fourth-order valence-corrected chi connectivity index (χ4v) is 0.906. The Labute approximate surface area is 72.7 Å². The molecule has 0 aliphatic heterocycles. The van der Waals surface area contributed by atoms with Gasteiger partial charge in [0.15, 0.2) is 23.0 Å².